The predicted octanol–water partition coefficient (Wildman–Crippen LogP) is 3.39. The van der Waals surface area contributed by atoms with E-state index in [-0.39, 0.29) is 11.6 Å². The molecule has 1 aromatic carbocycles. The predicted molar refractivity (Wildman–Crippen MR) is 76.2 cm³/mol. The molecule has 0 aliphatic rings. The molecule has 0 radical (unpaired) electrons. The largest absolute Gasteiger partial charge is 0.497 e. The average molecular weight is 342 g/mol. The van der Waals surface area contributed by atoms with Gasteiger partial charge in [-0.25, -0.2) is 4.79 Å². The molecule has 0 bridgehead atoms. The van der Waals surface area contributed by atoms with Gasteiger partial charge in [-0.1, -0.05) is 0 Å². The van der Waals surface area contributed by atoms with Gasteiger partial charge in [-0.15, -0.1) is 10.2 Å². The SMILES string of the molecule is COC(=O)c1cc(C(F)(F)F)nnc1Oc1ccc(OC)cc1C. The first-order valence-corrected chi connectivity index (χ1v) is 6.62. The second-order valence-corrected chi connectivity index (χ2v) is 4.67. The van der Waals surface area contributed by atoms with Crippen LogP contribution in [0.15, 0.2) is 24.3 Å². The van der Waals surface area contributed by atoms with Gasteiger partial charge >= 0.3 is 12.1 Å². The van der Waals surface area contributed by atoms with E-state index in [1.807, 2.05) is 0 Å². The summed E-state index contributed by atoms with van der Waals surface area (Å²) in [7, 11) is 2.53. The zero-order chi connectivity index (χ0) is 17.9. The van der Waals surface area contributed by atoms with Crippen molar-refractivity contribution in [1.29, 1.82) is 0 Å². The first-order valence-electron chi connectivity index (χ1n) is 6.62. The molecule has 0 saturated heterocycles. The maximum Gasteiger partial charge on any atom is 0.435 e. The normalized spacial score (nSPS) is 11.1. The molecule has 2 aromatic rings. The Balaban J connectivity index is 2.44. The highest BCUT2D eigenvalue weighted by Gasteiger charge is 2.35. The van der Waals surface area contributed by atoms with Crippen molar-refractivity contribution in [3.63, 3.8) is 0 Å². The Hall–Kier alpha value is -2.84. The Morgan fingerprint density at radius 1 is 1.12 bits per heavy atom. The van der Waals surface area contributed by atoms with Gasteiger partial charge < -0.3 is 14.2 Å². The molecule has 0 saturated carbocycles. The molecule has 128 valence electrons. The third-order valence-corrected chi connectivity index (χ3v) is 3.04. The van der Waals surface area contributed by atoms with Crippen molar-refractivity contribution in [1.82, 2.24) is 10.2 Å². The van der Waals surface area contributed by atoms with Crippen LogP contribution in [0.3, 0.4) is 0 Å². The van der Waals surface area contributed by atoms with Gasteiger partial charge in [0.05, 0.1) is 14.2 Å². The lowest BCUT2D eigenvalue weighted by atomic mass is 10.2. The maximum atomic E-state index is 12.7. The lowest BCUT2D eigenvalue weighted by Crippen LogP contribution is -2.14. The molecule has 9 heteroatoms. The van der Waals surface area contributed by atoms with Crippen LogP contribution in [0.25, 0.3) is 0 Å². The van der Waals surface area contributed by atoms with Crippen molar-refractivity contribution >= 4 is 5.97 Å². The van der Waals surface area contributed by atoms with Crippen molar-refractivity contribution in [2.45, 2.75) is 13.1 Å². The molecule has 0 spiro atoms. The molecular formula is C15H13F3N2O4. The third-order valence-electron chi connectivity index (χ3n) is 3.04. The monoisotopic (exact) mass is 342 g/mol. The summed E-state index contributed by atoms with van der Waals surface area (Å²) in [5.74, 6) is -0.541. The summed E-state index contributed by atoms with van der Waals surface area (Å²) in [4.78, 5) is 11.7. The van der Waals surface area contributed by atoms with Crippen molar-refractivity contribution in [2.24, 2.45) is 0 Å². The number of methoxy groups -OCH3 is 2. The number of aryl methyl sites for hydroxylation is 1. The molecule has 1 heterocycles. The first-order chi connectivity index (χ1) is 11.3. The highest BCUT2D eigenvalue weighted by atomic mass is 19.4. The summed E-state index contributed by atoms with van der Waals surface area (Å²) in [6, 6.07) is 5.32. The molecule has 0 aliphatic carbocycles. The number of rotatable bonds is 4. The van der Waals surface area contributed by atoms with Crippen LogP contribution >= 0.6 is 0 Å². The summed E-state index contributed by atoms with van der Waals surface area (Å²) in [5.41, 5.74) is -1.16. The van der Waals surface area contributed by atoms with Crippen LogP contribution < -0.4 is 9.47 Å². The van der Waals surface area contributed by atoms with E-state index >= 15 is 0 Å². The number of nitrogens with zero attached hydrogens (tertiary/aromatic N) is 2. The van der Waals surface area contributed by atoms with Gasteiger partial charge in [0.25, 0.3) is 5.88 Å². The minimum Gasteiger partial charge on any atom is -0.497 e. The van der Waals surface area contributed by atoms with Crippen molar-refractivity contribution < 1.29 is 32.2 Å². The van der Waals surface area contributed by atoms with Gasteiger partial charge in [0.15, 0.2) is 5.69 Å². The number of ether oxygens (including phenoxy) is 3. The van der Waals surface area contributed by atoms with E-state index in [4.69, 9.17) is 9.47 Å². The van der Waals surface area contributed by atoms with Crippen LogP contribution in [-0.2, 0) is 10.9 Å². The zero-order valence-corrected chi connectivity index (χ0v) is 13.0. The van der Waals surface area contributed by atoms with Gasteiger partial charge in [0.1, 0.15) is 17.1 Å². The highest BCUT2D eigenvalue weighted by Crippen LogP contribution is 2.32. The lowest BCUT2D eigenvalue weighted by Gasteiger charge is -2.12. The zero-order valence-electron chi connectivity index (χ0n) is 13.0. The maximum absolute atomic E-state index is 12.7. The van der Waals surface area contributed by atoms with Crippen LogP contribution in [0, 0.1) is 6.92 Å². The second kappa shape index (κ2) is 6.73. The molecule has 6 nitrogen and oxygen atoms in total. The fourth-order valence-electron chi connectivity index (χ4n) is 1.82. The van der Waals surface area contributed by atoms with Gasteiger partial charge in [-0.2, -0.15) is 13.2 Å². The van der Waals surface area contributed by atoms with Crippen LogP contribution in [0.4, 0.5) is 13.2 Å². The number of carbonyl (C=O) groups is 1. The van der Waals surface area contributed by atoms with E-state index in [1.54, 1.807) is 19.1 Å². The number of alkyl halides is 3. The molecule has 0 unspecified atom stereocenters. The van der Waals surface area contributed by atoms with Crippen LogP contribution in [-0.4, -0.2) is 30.4 Å². The minimum atomic E-state index is -4.75. The number of hydrogen-bond acceptors (Lipinski definition) is 6. The lowest BCUT2D eigenvalue weighted by molar-refractivity contribution is -0.141. The second-order valence-electron chi connectivity index (χ2n) is 4.67. The molecule has 24 heavy (non-hydrogen) atoms. The molecule has 0 atom stereocenters. The molecule has 2 rings (SSSR count). The highest BCUT2D eigenvalue weighted by molar-refractivity contribution is 5.91. The molecule has 0 aliphatic heterocycles. The Morgan fingerprint density at radius 2 is 1.83 bits per heavy atom. The van der Waals surface area contributed by atoms with E-state index in [0.29, 0.717) is 17.4 Å². The smallest absolute Gasteiger partial charge is 0.435 e. The van der Waals surface area contributed by atoms with Gasteiger partial charge in [0.2, 0.25) is 0 Å². The van der Waals surface area contributed by atoms with Crippen LogP contribution in [0.1, 0.15) is 21.6 Å². The third kappa shape index (κ3) is 3.73. The van der Waals surface area contributed by atoms with Crippen LogP contribution in [0.2, 0.25) is 0 Å². The molecular weight excluding hydrogens is 329 g/mol. The summed E-state index contributed by atoms with van der Waals surface area (Å²) in [5, 5.41) is 6.42. The van der Waals surface area contributed by atoms with Gasteiger partial charge in [-0.05, 0) is 36.8 Å². The van der Waals surface area contributed by atoms with Crippen molar-refractivity contribution in [3.8, 4) is 17.4 Å². The van der Waals surface area contributed by atoms with Crippen LogP contribution in [0.5, 0.6) is 17.4 Å². The van der Waals surface area contributed by atoms with Gasteiger partial charge in [-0.3, -0.25) is 0 Å². The number of hydrogen-bond donors (Lipinski definition) is 0. The number of benzene rings is 1. The van der Waals surface area contributed by atoms with E-state index < -0.39 is 23.4 Å². The number of carbonyl (C=O) groups excluding carboxylic acids is 1. The molecule has 0 fully saturated rings. The van der Waals surface area contributed by atoms with E-state index in [2.05, 4.69) is 14.9 Å². The quantitative estimate of drug-likeness (QED) is 0.793. The Labute approximate surface area is 135 Å². The Morgan fingerprint density at radius 3 is 2.38 bits per heavy atom. The first kappa shape index (κ1) is 17.5. The fraction of sp³-hybridized carbons (Fsp3) is 0.267. The van der Waals surface area contributed by atoms with E-state index in [9.17, 15) is 18.0 Å². The Kier molecular flexibility index (Phi) is 4.91. The molecule has 0 amide bonds. The summed E-state index contributed by atoms with van der Waals surface area (Å²) in [6.45, 7) is 1.70. The topological polar surface area (TPSA) is 70.5 Å². The summed E-state index contributed by atoms with van der Waals surface area (Å²) < 4.78 is 53.2. The van der Waals surface area contributed by atoms with Crippen molar-refractivity contribution in [3.05, 3.63) is 41.1 Å². The molecule has 1 aromatic heterocycles. The van der Waals surface area contributed by atoms with E-state index in [1.165, 1.54) is 13.2 Å². The minimum absolute atomic E-state index is 0.287. The van der Waals surface area contributed by atoms with Crippen molar-refractivity contribution in [2.75, 3.05) is 14.2 Å². The standard InChI is InChI=1S/C15H13F3N2O4/c1-8-6-9(22-2)4-5-11(8)24-13-10(14(21)23-3)7-12(19-20-13)15(16,17)18/h4-7H,1-3H3. The Bertz CT molecular complexity index is 763. The summed E-state index contributed by atoms with van der Waals surface area (Å²) >= 11 is 0. The number of esters is 1. The molecule has 0 N–H and O–H groups in total. The number of aromatic nitrogens is 2. The fourth-order valence-corrected chi connectivity index (χ4v) is 1.82. The summed E-state index contributed by atoms with van der Waals surface area (Å²) in [6.07, 6.45) is -4.75. The number of halogens is 3. The van der Waals surface area contributed by atoms with E-state index in [0.717, 1.165) is 7.11 Å². The van der Waals surface area contributed by atoms with Gasteiger partial charge in [0, 0.05) is 0 Å². The average Bonchev–Trinajstić information content (AvgIpc) is 2.55.